The fourth-order valence-corrected chi connectivity index (χ4v) is 2.86. The van der Waals surface area contributed by atoms with E-state index in [-0.39, 0.29) is 4.90 Å². The summed E-state index contributed by atoms with van der Waals surface area (Å²) in [5.74, 6) is -0.407. The Balaban J connectivity index is 2.19. The van der Waals surface area contributed by atoms with Crippen LogP contribution < -0.4 is 10.0 Å². The van der Waals surface area contributed by atoms with E-state index < -0.39 is 15.8 Å². The van der Waals surface area contributed by atoms with Crippen molar-refractivity contribution in [1.29, 1.82) is 0 Å². The zero-order valence-electron chi connectivity index (χ0n) is 11.8. The van der Waals surface area contributed by atoms with E-state index in [0.29, 0.717) is 24.3 Å². The van der Waals surface area contributed by atoms with Crippen molar-refractivity contribution in [3.63, 3.8) is 0 Å². The zero-order chi connectivity index (χ0) is 15.5. The highest BCUT2D eigenvalue weighted by molar-refractivity contribution is 7.92. The third kappa shape index (κ3) is 3.79. The Morgan fingerprint density at radius 1 is 1.38 bits per heavy atom. The molecule has 114 valence electrons. The number of hydrogen-bond acceptors (Lipinski definition) is 4. The summed E-state index contributed by atoms with van der Waals surface area (Å²) in [4.78, 5) is 0.0716. The number of aryl methyl sites for hydroxylation is 1. The van der Waals surface area contributed by atoms with Gasteiger partial charge in [0.25, 0.3) is 10.0 Å². The van der Waals surface area contributed by atoms with Crippen molar-refractivity contribution >= 4 is 15.7 Å². The fraction of sp³-hybridized carbons (Fsp3) is 0.308. The van der Waals surface area contributed by atoms with Gasteiger partial charge in [0.2, 0.25) is 0 Å². The van der Waals surface area contributed by atoms with E-state index in [2.05, 4.69) is 15.1 Å². The van der Waals surface area contributed by atoms with Crippen molar-refractivity contribution in [1.82, 2.24) is 15.1 Å². The van der Waals surface area contributed by atoms with E-state index in [1.807, 2.05) is 0 Å². The maximum atomic E-state index is 13.0. The number of sulfonamides is 1. The third-order valence-corrected chi connectivity index (χ3v) is 4.26. The first-order valence-electron chi connectivity index (χ1n) is 6.38. The van der Waals surface area contributed by atoms with Crippen LogP contribution in [0.2, 0.25) is 0 Å². The van der Waals surface area contributed by atoms with Crippen molar-refractivity contribution in [2.45, 2.75) is 18.4 Å². The highest BCUT2D eigenvalue weighted by Crippen LogP contribution is 2.20. The Labute approximate surface area is 123 Å². The van der Waals surface area contributed by atoms with E-state index >= 15 is 0 Å². The van der Waals surface area contributed by atoms with Gasteiger partial charge in [-0.3, -0.25) is 9.40 Å². The maximum absolute atomic E-state index is 13.0. The summed E-state index contributed by atoms with van der Waals surface area (Å²) >= 11 is 0. The number of rotatable bonds is 6. The lowest BCUT2D eigenvalue weighted by Crippen LogP contribution is -2.15. The molecule has 0 fully saturated rings. The van der Waals surface area contributed by atoms with Crippen LogP contribution in [0.5, 0.6) is 0 Å². The summed E-state index contributed by atoms with van der Waals surface area (Å²) in [5, 5.41) is 6.95. The van der Waals surface area contributed by atoms with E-state index in [4.69, 9.17) is 0 Å². The molecule has 0 atom stereocenters. The predicted molar refractivity (Wildman–Crippen MR) is 78.1 cm³/mol. The van der Waals surface area contributed by atoms with Crippen LogP contribution >= 0.6 is 0 Å². The second-order valence-corrected chi connectivity index (χ2v) is 6.29. The topological polar surface area (TPSA) is 76.0 Å². The molecule has 0 bridgehead atoms. The van der Waals surface area contributed by atoms with E-state index in [0.717, 1.165) is 0 Å². The number of likely N-dealkylation sites (N-methyl/N-ethyl adjacent to an activating group) is 1. The Kier molecular flexibility index (Phi) is 4.59. The van der Waals surface area contributed by atoms with Gasteiger partial charge in [0, 0.05) is 12.7 Å². The normalized spacial score (nSPS) is 11.6. The van der Waals surface area contributed by atoms with Crippen molar-refractivity contribution in [2.24, 2.45) is 0 Å². The summed E-state index contributed by atoms with van der Waals surface area (Å²) in [6.07, 6.45) is 2.75. The molecule has 1 aromatic carbocycles. The molecule has 0 amide bonds. The lowest BCUT2D eigenvalue weighted by molar-refractivity contribution is 0.582. The molecule has 2 aromatic rings. The van der Waals surface area contributed by atoms with Crippen molar-refractivity contribution in [3.05, 3.63) is 42.0 Å². The van der Waals surface area contributed by atoms with Crippen LogP contribution in [0, 0.1) is 12.7 Å². The van der Waals surface area contributed by atoms with Crippen LogP contribution in [-0.4, -0.2) is 31.8 Å². The highest BCUT2D eigenvalue weighted by Gasteiger charge is 2.17. The van der Waals surface area contributed by atoms with Crippen LogP contribution in [0.1, 0.15) is 5.56 Å². The molecule has 8 heteroatoms. The van der Waals surface area contributed by atoms with Crippen molar-refractivity contribution in [3.8, 4) is 0 Å². The minimum absolute atomic E-state index is 0.0716. The molecule has 0 saturated heterocycles. The monoisotopic (exact) mass is 312 g/mol. The number of nitrogens with one attached hydrogen (secondary N) is 2. The lowest BCUT2D eigenvalue weighted by Gasteiger charge is -2.09. The Morgan fingerprint density at radius 3 is 2.81 bits per heavy atom. The molecule has 0 unspecified atom stereocenters. The fourth-order valence-electron chi connectivity index (χ4n) is 1.78. The molecule has 2 N–H and O–H groups in total. The van der Waals surface area contributed by atoms with Gasteiger partial charge in [-0.15, -0.1) is 0 Å². The molecule has 2 rings (SSSR count). The Hall–Kier alpha value is -1.93. The highest BCUT2D eigenvalue weighted by atomic mass is 32.2. The summed E-state index contributed by atoms with van der Waals surface area (Å²) in [6, 6.07) is 3.88. The van der Waals surface area contributed by atoms with Crippen molar-refractivity contribution in [2.75, 3.05) is 18.3 Å². The first-order valence-corrected chi connectivity index (χ1v) is 7.87. The van der Waals surface area contributed by atoms with Gasteiger partial charge in [-0.2, -0.15) is 5.10 Å². The number of hydrogen-bond donors (Lipinski definition) is 2. The van der Waals surface area contributed by atoms with E-state index in [1.54, 1.807) is 18.7 Å². The van der Waals surface area contributed by atoms with Gasteiger partial charge in [0.15, 0.2) is 0 Å². The Morgan fingerprint density at radius 2 is 2.14 bits per heavy atom. The Bertz CT molecular complexity index is 728. The van der Waals surface area contributed by atoms with E-state index in [1.165, 1.54) is 30.6 Å². The predicted octanol–water partition coefficient (Wildman–Crippen LogP) is 1.35. The molecule has 0 aliphatic heterocycles. The van der Waals surface area contributed by atoms with Crippen LogP contribution in [0.3, 0.4) is 0 Å². The van der Waals surface area contributed by atoms with Gasteiger partial charge in [-0.05, 0) is 37.7 Å². The smallest absolute Gasteiger partial charge is 0.265 e. The van der Waals surface area contributed by atoms with Crippen molar-refractivity contribution < 1.29 is 12.8 Å². The molecule has 0 radical (unpaired) electrons. The number of benzene rings is 1. The number of anilines is 1. The second-order valence-electron chi connectivity index (χ2n) is 4.61. The first-order chi connectivity index (χ1) is 9.92. The standard InChI is InChI=1S/C13H17FN4O2S/c1-10-7-11(14)3-4-13(10)17-21(19,20)12-8-16-18(9-12)6-5-15-2/h3-4,7-9,15,17H,5-6H2,1-2H3. The molecule has 1 aromatic heterocycles. The molecule has 0 saturated carbocycles. The van der Waals surface area contributed by atoms with E-state index in [9.17, 15) is 12.8 Å². The van der Waals surface area contributed by atoms with Crippen LogP contribution in [-0.2, 0) is 16.6 Å². The second kappa shape index (κ2) is 6.23. The average Bonchev–Trinajstić information content (AvgIpc) is 2.89. The summed E-state index contributed by atoms with van der Waals surface area (Å²) in [7, 11) is -1.92. The van der Waals surface area contributed by atoms with Crippen LogP contribution in [0.15, 0.2) is 35.5 Å². The van der Waals surface area contributed by atoms with Gasteiger partial charge in [0.1, 0.15) is 10.7 Å². The summed E-state index contributed by atoms with van der Waals surface area (Å²) in [6.45, 7) is 2.89. The van der Waals surface area contributed by atoms with Crippen LogP contribution in [0.4, 0.5) is 10.1 Å². The molecule has 21 heavy (non-hydrogen) atoms. The largest absolute Gasteiger partial charge is 0.318 e. The van der Waals surface area contributed by atoms with Gasteiger partial charge in [-0.1, -0.05) is 0 Å². The van der Waals surface area contributed by atoms with Gasteiger partial charge in [0.05, 0.1) is 18.4 Å². The molecule has 0 aliphatic carbocycles. The quantitative estimate of drug-likeness (QED) is 0.844. The minimum Gasteiger partial charge on any atom is -0.318 e. The first kappa shape index (κ1) is 15.5. The molecular weight excluding hydrogens is 295 g/mol. The minimum atomic E-state index is -3.73. The number of aromatic nitrogens is 2. The number of nitrogens with zero attached hydrogens (tertiary/aromatic N) is 2. The van der Waals surface area contributed by atoms with Gasteiger partial charge in [-0.25, -0.2) is 12.8 Å². The van der Waals surface area contributed by atoms with Crippen LogP contribution in [0.25, 0.3) is 0 Å². The maximum Gasteiger partial charge on any atom is 0.265 e. The molecule has 0 aliphatic rings. The van der Waals surface area contributed by atoms with Gasteiger partial charge < -0.3 is 5.32 Å². The molecule has 1 heterocycles. The number of halogens is 1. The third-order valence-electron chi connectivity index (χ3n) is 2.94. The average molecular weight is 312 g/mol. The lowest BCUT2D eigenvalue weighted by atomic mass is 10.2. The molecular formula is C13H17FN4O2S. The van der Waals surface area contributed by atoms with Gasteiger partial charge >= 0.3 is 0 Å². The SMILES string of the molecule is CNCCn1cc(S(=O)(=O)Nc2ccc(F)cc2C)cn1. The molecule has 0 spiro atoms. The summed E-state index contributed by atoms with van der Waals surface area (Å²) < 4.78 is 41.5. The molecule has 6 nitrogen and oxygen atoms in total. The zero-order valence-corrected chi connectivity index (χ0v) is 12.6. The summed E-state index contributed by atoms with van der Waals surface area (Å²) in [5.41, 5.74) is 0.862.